The maximum absolute atomic E-state index is 12.1. The number of rotatable bonds is 6. The number of nitrogens with one attached hydrogen (secondary N) is 1. The number of pyridine rings is 1. The van der Waals surface area contributed by atoms with Crippen molar-refractivity contribution in [3.63, 3.8) is 0 Å². The van der Waals surface area contributed by atoms with Crippen molar-refractivity contribution in [2.75, 3.05) is 23.3 Å². The van der Waals surface area contributed by atoms with E-state index in [1.165, 1.54) is 0 Å². The van der Waals surface area contributed by atoms with Crippen LogP contribution in [0, 0.1) is 6.92 Å². The Kier molecular flexibility index (Phi) is 5.68. The van der Waals surface area contributed by atoms with Crippen LogP contribution in [0.25, 0.3) is 17.0 Å². The first-order chi connectivity index (χ1) is 12.6. The van der Waals surface area contributed by atoms with E-state index in [-0.39, 0.29) is 5.91 Å². The number of thiophene rings is 1. The number of hydrogen-bond donors (Lipinski definition) is 1. The summed E-state index contributed by atoms with van der Waals surface area (Å²) in [6.07, 6.45) is 3.38. The Morgan fingerprint density at radius 1 is 1.23 bits per heavy atom. The summed E-state index contributed by atoms with van der Waals surface area (Å²) in [5, 5.41) is 5.97. The Balaban J connectivity index is 1.81. The minimum absolute atomic E-state index is 0.136. The van der Waals surface area contributed by atoms with Gasteiger partial charge in [-0.05, 0) is 68.1 Å². The molecule has 2 aromatic heterocycles. The van der Waals surface area contributed by atoms with Crippen LogP contribution in [-0.4, -0.2) is 24.0 Å². The predicted octanol–water partition coefficient (Wildman–Crippen LogP) is 5.10. The molecule has 0 aliphatic heterocycles. The number of amides is 1. The number of carbonyl (C=O) groups excluding carboxylic acids is 1. The van der Waals surface area contributed by atoms with Gasteiger partial charge in [-0.3, -0.25) is 4.79 Å². The summed E-state index contributed by atoms with van der Waals surface area (Å²) in [6, 6.07) is 11.9. The Hall–Kier alpha value is -2.66. The predicted molar refractivity (Wildman–Crippen MR) is 112 cm³/mol. The minimum Gasteiger partial charge on any atom is -0.357 e. The van der Waals surface area contributed by atoms with Gasteiger partial charge in [0.05, 0.1) is 5.52 Å². The molecule has 5 heteroatoms. The van der Waals surface area contributed by atoms with Crippen molar-refractivity contribution in [2.24, 2.45) is 0 Å². The number of fused-ring (bicyclic) bond motifs is 1. The average molecular weight is 366 g/mol. The third kappa shape index (κ3) is 4.11. The van der Waals surface area contributed by atoms with E-state index in [2.05, 4.69) is 37.1 Å². The molecule has 1 amide bonds. The highest BCUT2D eigenvalue weighted by molar-refractivity contribution is 7.10. The van der Waals surface area contributed by atoms with Crippen LogP contribution in [0.15, 0.2) is 47.9 Å². The largest absolute Gasteiger partial charge is 0.357 e. The smallest absolute Gasteiger partial charge is 0.248 e. The summed E-state index contributed by atoms with van der Waals surface area (Å²) in [7, 11) is 0. The standard InChI is InChI=1S/C21H23N3OS/c1-4-24(5-2)20-13-15(3)18-14-16(8-10-19(18)23-20)22-21(25)11-9-17-7-6-12-26-17/h6-14H,4-5H2,1-3H3,(H,22,25)/b11-9+. The summed E-state index contributed by atoms with van der Waals surface area (Å²) in [4.78, 5) is 20.2. The number of aryl methyl sites for hydroxylation is 1. The molecule has 0 saturated carbocycles. The molecule has 4 nitrogen and oxygen atoms in total. The Bertz CT molecular complexity index is 928. The first kappa shape index (κ1) is 18.1. The van der Waals surface area contributed by atoms with Crippen molar-refractivity contribution < 1.29 is 4.79 Å². The van der Waals surface area contributed by atoms with Crippen molar-refractivity contribution in [1.82, 2.24) is 4.98 Å². The Labute approximate surface area is 158 Å². The highest BCUT2D eigenvalue weighted by Gasteiger charge is 2.09. The summed E-state index contributed by atoms with van der Waals surface area (Å²) in [5.41, 5.74) is 2.87. The van der Waals surface area contributed by atoms with Gasteiger partial charge >= 0.3 is 0 Å². The van der Waals surface area contributed by atoms with E-state index in [0.717, 1.165) is 45.9 Å². The molecule has 1 aromatic carbocycles. The summed E-state index contributed by atoms with van der Waals surface area (Å²) >= 11 is 1.60. The highest BCUT2D eigenvalue weighted by atomic mass is 32.1. The molecule has 3 rings (SSSR count). The van der Waals surface area contributed by atoms with Gasteiger partial charge in [-0.2, -0.15) is 0 Å². The molecule has 0 saturated heterocycles. The van der Waals surface area contributed by atoms with Crippen molar-refractivity contribution >= 4 is 45.7 Å². The fourth-order valence-corrected chi connectivity index (χ4v) is 3.51. The molecule has 1 N–H and O–H groups in total. The van der Waals surface area contributed by atoms with Gasteiger partial charge < -0.3 is 10.2 Å². The maximum atomic E-state index is 12.1. The van der Waals surface area contributed by atoms with Crippen molar-refractivity contribution in [3.05, 3.63) is 58.3 Å². The lowest BCUT2D eigenvalue weighted by Crippen LogP contribution is -2.23. The van der Waals surface area contributed by atoms with Crippen LogP contribution >= 0.6 is 11.3 Å². The molecule has 0 bridgehead atoms. The Morgan fingerprint density at radius 2 is 2.04 bits per heavy atom. The highest BCUT2D eigenvalue weighted by Crippen LogP contribution is 2.25. The van der Waals surface area contributed by atoms with Crippen LogP contribution < -0.4 is 10.2 Å². The lowest BCUT2D eigenvalue weighted by atomic mass is 10.1. The van der Waals surface area contributed by atoms with Crippen molar-refractivity contribution in [3.8, 4) is 0 Å². The van der Waals surface area contributed by atoms with E-state index < -0.39 is 0 Å². The van der Waals surface area contributed by atoms with E-state index in [0.29, 0.717) is 0 Å². The second-order valence-electron chi connectivity index (χ2n) is 6.04. The number of benzene rings is 1. The first-order valence-electron chi connectivity index (χ1n) is 8.79. The molecule has 2 heterocycles. The molecule has 134 valence electrons. The van der Waals surface area contributed by atoms with Gasteiger partial charge in [-0.25, -0.2) is 4.98 Å². The number of carbonyl (C=O) groups is 1. The lowest BCUT2D eigenvalue weighted by Gasteiger charge is -2.21. The molecular formula is C21H23N3OS. The van der Waals surface area contributed by atoms with Gasteiger partial charge in [0, 0.05) is 35.1 Å². The minimum atomic E-state index is -0.136. The third-order valence-electron chi connectivity index (χ3n) is 4.30. The van der Waals surface area contributed by atoms with Crippen LogP contribution in [0.5, 0.6) is 0 Å². The van der Waals surface area contributed by atoms with E-state index >= 15 is 0 Å². The van der Waals surface area contributed by atoms with Crippen LogP contribution in [0.3, 0.4) is 0 Å². The average Bonchev–Trinajstić information content (AvgIpc) is 3.15. The van der Waals surface area contributed by atoms with E-state index in [1.807, 2.05) is 41.8 Å². The summed E-state index contributed by atoms with van der Waals surface area (Å²) in [6.45, 7) is 8.21. The number of hydrogen-bond acceptors (Lipinski definition) is 4. The van der Waals surface area contributed by atoms with Crippen molar-refractivity contribution in [1.29, 1.82) is 0 Å². The molecule has 0 spiro atoms. The van der Waals surface area contributed by atoms with Crippen molar-refractivity contribution in [2.45, 2.75) is 20.8 Å². The molecular weight excluding hydrogens is 342 g/mol. The lowest BCUT2D eigenvalue weighted by molar-refractivity contribution is -0.111. The number of anilines is 2. The molecule has 26 heavy (non-hydrogen) atoms. The summed E-state index contributed by atoms with van der Waals surface area (Å²) in [5.74, 6) is 0.860. The van der Waals surface area contributed by atoms with Crippen LogP contribution in [-0.2, 0) is 4.79 Å². The second kappa shape index (κ2) is 8.15. The van der Waals surface area contributed by atoms with E-state index in [4.69, 9.17) is 4.98 Å². The zero-order valence-electron chi connectivity index (χ0n) is 15.3. The molecule has 0 unspecified atom stereocenters. The van der Waals surface area contributed by atoms with Crippen LogP contribution in [0.2, 0.25) is 0 Å². The van der Waals surface area contributed by atoms with Crippen LogP contribution in [0.4, 0.5) is 11.5 Å². The fraction of sp³-hybridized carbons (Fsp3) is 0.238. The second-order valence-corrected chi connectivity index (χ2v) is 7.02. The summed E-state index contributed by atoms with van der Waals surface area (Å²) < 4.78 is 0. The molecule has 0 atom stereocenters. The fourth-order valence-electron chi connectivity index (χ4n) is 2.89. The van der Waals surface area contributed by atoms with Gasteiger partial charge in [0.25, 0.3) is 0 Å². The molecule has 0 aliphatic rings. The van der Waals surface area contributed by atoms with E-state index in [9.17, 15) is 4.79 Å². The SMILES string of the molecule is CCN(CC)c1cc(C)c2cc(NC(=O)/C=C/c3cccs3)ccc2n1. The zero-order chi connectivity index (χ0) is 18.5. The molecule has 0 fully saturated rings. The van der Waals surface area contributed by atoms with Gasteiger partial charge in [0.2, 0.25) is 5.91 Å². The Morgan fingerprint density at radius 3 is 2.73 bits per heavy atom. The monoisotopic (exact) mass is 365 g/mol. The van der Waals surface area contributed by atoms with Crippen LogP contribution in [0.1, 0.15) is 24.3 Å². The van der Waals surface area contributed by atoms with Gasteiger partial charge in [0.15, 0.2) is 0 Å². The van der Waals surface area contributed by atoms with Gasteiger partial charge in [-0.1, -0.05) is 6.07 Å². The van der Waals surface area contributed by atoms with Gasteiger partial charge in [-0.15, -0.1) is 11.3 Å². The topological polar surface area (TPSA) is 45.2 Å². The quantitative estimate of drug-likeness (QED) is 0.618. The molecule has 3 aromatic rings. The van der Waals surface area contributed by atoms with Gasteiger partial charge in [0.1, 0.15) is 5.82 Å². The van der Waals surface area contributed by atoms with E-state index in [1.54, 1.807) is 17.4 Å². The number of nitrogens with zero attached hydrogens (tertiary/aromatic N) is 2. The first-order valence-corrected chi connectivity index (χ1v) is 9.67. The zero-order valence-corrected chi connectivity index (χ0v) is 16.1. The molecule has 0 aliphatic carbocycles. The maximum Gasteiger partial charge on any atom is 0.248 e. The normalized spacial score (nSPS) is 11.2. The number of aromatic nitrogens is 1. The molecule has 0 radical (unpaired) electrons. The third-order valence-corrected chi connectivity index (χ3v) is 5.14.